The highest BCUT2D eigenvalue weighted by atomic mass is 35.5. The maximum absolute atomic E-state index is 6.31. The molecule has 3 aliphatic rings. The van der Waals surface area contributed by atoms with Gasteiger partial charge in [-0.3, -0.25) is 0 Å². The Kier molecular flexibility index (Phi) is 13.7. The van der Waals surface area contributed by atoms with Gasteiger partial charge in [-0.05, 0) is 123 Å². The Bertz CT molecular complexity index is 1150. The van der Waals surface area contributed by atoms with Crippen molar-refractivity contribution >= 4 is 41.4 Å². The number of piperidine rings is 1. The summed E-state index contributed by atoms with van der Waals surface area (Å²) < 4.78 is 7.77. The summed E-state index contributed by atoms with van der Waals surface area (Å²) in [4.78, 5) is 6.28. The van der Waals surface area contributed by atoms with E-state index in [1.54, 1.807) is 0 Å². The molecule has 0 spiro atoms. The number of halogens is 1. The van der Waals surface area contributed by atoms with E-state index in [0.717, 1.165) is 50.2 Å². The number of nitrogens with zero attached hydrogens (tertiary/aromatic N) is 5. The molecule has 0 atom stereocenters. The van der Waals surface area contributed by atoms with Crippen molar-refractivity contribution in [1.82, 2.24) is 17.8 Å². The van der Waals surface area contributed by atoms with Gasteiger partial charge in [0.25, 0.3) is 0 Å². The van der Waals surface area contributed by atoms with Gasteiger partial charge in [-0.15, -0.1) is 0 Å². The summed E-state index contributed by atoms with van der Waals surface area (Å²) in [7, 11) is 4.21. The zero-order valence-corrected chi connectivity index (χ0v) is 29.5. The third kappa shape index (κ3) is 11.0. The minimum Gasteiger partial charge on any atom is -0.378 e. The number of hydrogen-bond acceptors (Lipinski definition) is 7. The topological polar surface area (TPSA) is 16.2 Å². The standard InChI is InChI=1S/C36H54ClN5S2/c1-30-27-41(43-36-16-14-35(15-17-36)38(2)3)22-8-20-39(29-31-10-5-4-6-11-31)21-9-23-42(28-30)44-40-24-18-32(19-25-40)33-12-7-13-34(37)26-33/h7,12-17,26,31-32H,1,4-6,8-11,18-25,27-29H2,2-3H3. The Hall–Kier alpha value is -1.19. The summed E-state index contributed by atoms with van der Waals surface area (Å²) in [6.07, 6.45) is 12.0. The second kappa shape index (κ2) is 17.7. The van der Waals surface area contributed by atoms with E-state index in [1.807, 2.05) is 30.1 Å². The molecular formula is C36H54ClN5S2. The summed E-state index contributed by atoms with van der Waals surface area (Å²) in [5.74, 6) is 1.50. The van der Waals surface area contributed by atoms with E-state index in [0.29, 0.717) is 5.92 Å². The maximum Gasteiger partial charge on any atom is 0.0408 e. The molecule has 2 heterocycles. The van der Waals surface area contributed by atoms with Crippen LogP contribution in [0.25, 0.3) is 0 Å². The number of rotatable bonds is 8. The molecule has 0 unspecified atom stereocenters. The molecule has 3 fully saturated rings. The summed E-state index contributed by atoms with van der Waals surface area (Å²) in [5, 5.41) is 0.854. The average molecular weight is 656 g/mol. The van der Waals surface area contributed by atoms with Crippen LogP contribution in [0.2, 0.25) is 5.02 Å². The molecule has 0 N–H and O–H groups in total. The van der Waals surface area contributed by atoms with Crippen LogP contribution in [0.5, 0.6) is 0 Å². The first-order valence-corrected chi connectivity index (χ1v) is 18.8. The fraction of sp³-hybridized carbons (Fsp3) is 0.611. The molecule has 1 saturated carbocycles. The van der Waals surface area contributed by atoms with E-state index >= 15 is 0 Å². The second-order valence-corrected chi connectivity index (χ2v) is 16.1. The molecule has 5 rings (SSSR count). The van der Waals surface area contributed by atoms with Crippen molar-refractivity contribution in [3.63, 3.8) is 0 Å². The van der Waals surface area contributed by atoms with Crippen molar-refractivity contribution in [1.29, 1.82) is 0 Å². The van der Waals surface area contributed by atoms with E-state index in [2.05, 4.69) is 85.9 Å². The Balaban J connectivity index is 1.21. The summed E-state index contributed by atoms with van der Waals surface area (Å²) in [6, 6.07) is 17.5. The molecule has 5 nitrogen and oxygen atoms in total. The lowest BCUT2D eigenvalue weighted by Crippen LogP contribution is -2.38. The van der Waals surface area contributed by atoms with E-state index in [-0.39, 0.29) is 0 Å². The fourth-order valence-corrected chi connectivity index (χ4v) is 9.35. The van der Waals surface area contributed by atoms with Crippen LogP contribution < -0.4 is 4.90 Å². The van der Waals surface area contributed by atoms with Gasteiger partial charge in [0.2, 0.25) is 0 Å². The van der Waals surface area contributed by atoms with E-state index in [9.17, 15) is 0 Å². The Morgan fingerprint density at radius 3 is 2.14 bits per heavy atom. The molecule has 2 aromatic rings. The van der Waals surface area contributed by atoms with Crippen molar-refractivity contribution in [3.05, 3.63) is 71.3 Å². The van der Waals surface area contributed by atoms with Crippen molar-refractivity contribution < 1.29 is 0 Å². The van der Waals surface area contributed by atoms with Gasteiger partial charge in [-0.2, -0.15) is 0 Å². The molecule has 2 aromatic carbocycles. The van der Waals surface area contributed by atoms with Crippen LogP contribution in [0.15, 0.2) is 65.6 Å². The molecule has 0 bridgehead atoms. The quantitative estimate of drug-likeness (QED) is 0.206. The highest BCUT2D eigenvalue weighted by Crippen LogP contribution is 2.34. The van der Waals surface area contributed by atoms with Crippen LogP contribution in [0.4, 0.5) is 5.69 Å². The van der Waals surface area contributed by atoms with Gasteiger partial charge in [-0.1, -0.05) is 49.6 Å². The summed E-state index contributed by atoms with van der Waals surface area (Å²) in [5.41, 5.74) is 3.95. The Morgan fingerprint density at radius 2 is 1.45 bits per heavy atom. The molecule has 242 valence electrons. The van der Waals surface area contributed by atoms with Crippen molar-refractivity contribution in [2.75, 3.05) is 77.9 Å². The lowest BCUT2D eigenvalue weighted by atomic mass is 9.89. The summed E-state index contributed by atoms with van der Waals surface area (Å²) in [6.45, 7) is 14.6. The molecular weight excluding hydrogens is 602 g/mol. The third-order valence-electron chi connectivity index (χ3n) is 9.40. The fourth-order valence-electron chi connectivity index (χ4n) is 6.97. The van der Waals surface area contributed by atoms with Crippen LogP contribution in [0.3, 0.4) is 0 Å². The minimum absolute atomic E-state index is 0.609. The number of anilines is 1. The van der Waals surface area contributed by atoms with Crippen LogP contribution in [0, 0.1) is 5.92 Å². The smallest absolute Gasteiger partial charge is 0.0408 e. The zero-order valence-electron chi connectivity index (χ0n) is 27.1. The predicted molar refractivity (Wildman–Crippen MR) is 194 cm³/mol. The van der Waals surface area contributed by atoms with Gasteiger partial charge < -0.3 is 9.80 Å². The largest absolute Gasteiger partial charge is 0.378 e. The van der Waals surface area contributed by atoms with Gasteiger partial charge in [0.15, 0.2) is 0 Å². The lowest BCUT2D eigenvalue weighted by Gasteiger charge is -2.36. The van der Waals surface area contributed by atoms with Gasteiger partial charge in [-0.25, -0.2) is 12.9 Å². The van der Waals surface area contributed by atoms with Crippen LogP contribution >= 0.6 is 35.7 Å². The first-order chi connectivity index (χ1) is 21.4. The summed E-state index contributed by atoms with van der Waals surface area (Å²) >= 11 is 10.2. The number of hydrogen-bond donors (Lipinski definition) is 0. The molecule has 0 amide bonds. The van der Waals surface area contributed by atoms with Crippen molar-refractivity contribution in [2.45, 2.75) is 68.6 Å². The van der Waals surface area contributed by atoms with Crippen LogP contribution in [-0.2, 0) is 0 Å². The first-order valence-electron chi connectivity index (χ1n) is 16.9. The minimum atomic E-state index is 0.609. The van der Waals surface area contributed by atoms with Crippen molar-refractivity contribution in [3.8, 4) is 0 Å². The van der Waals surface area contributed by atoms with Gasteiger partial charge in [0.1, 0.15) is 0 Å². The van der Waals surface area contributed by atoms with Crippen LogP contribution in [0.1, 0.15) is 69.3 Å². The van der Waals surface area contributed by atoms with E-state index in [1.165, 1.54) is 99.1 Å². The molecule has 2 aliphatic heterocycles. The maximum atomic E-state index is 6.31. The van der Waals surface area contributed by atoms with E-state index in [4.69, 9.17) is 11.6 Å². The van der Waals surface area contributed by atoms with Gasteiger partial charge >= 0.3 is 0 Å². The predicted octanol–water partition coefficient (Wildman–Crippen LogP) is 8.69. The molecule has 1 aliphatic carbocycles. The van der Waals surface area contributed by atoms with Crippen molar-refractivity contribution in [2.24, 2.45) is 5.92 Å². The molecule has 8 heteroatoms. The average Bonchev–Trinajstić information content (AvgIpc) is 3.01. The molecule has 44 heavy (non-hydrogen) atoms. The Labute approximate surface area is 281 Å². The molecule has 0 radical (unpaired) electrons. The SMILES string of the molecule is C=C1CN(Sc2ccc(N(C)C)cc2)CCCN(CC2CCCCC2)CCCN(SN2CCC(c3cccc(Cl)c3)CC2)C1. The highest BCUT2D eigenvalue weighted by Gasteiger charge is 2.25. The highest BCUT2D eigenvalue weighted by molar-refractivity contribution is 7.97. The zero-order chi connectivity index (χ0) is 30.7. The second-order valence-electron chi connectivity index (χ2n) is 13.3. The molecule has 0 aromatic heterocycles. The monoisotopic (exact) mass is 655 g/mol. The Morgan fingerprint density at radius 1 is 0.773 bits per heavy atom. The molecule has 2 saturated heterocycles. The normalized spacial score (nSPS) is 22.0. The van der Waals surface area contributed by atoms with Crippen LogP contribution in [-0.4, -0.2) is 90.8 Å². The first kappa shape index (κ1) is 34.2. The lowest BCUT2D eigenvalue weighted by molar-refractivity contribution is 0.189. The number of benzene rings is 2. The third-order valence-corrected chi connectivity index (χ3v) is 11.8. The van der Waals surface area contributed by atoms with Gasteiger partial charge in [0, 0.05) is 87.6 Å². The van der Waals surface area contributed by atoms with E-state index < -0.39 is 0 Å². The van der Waals surface area contributed by atoms with Gasteiger partial charge in [0.05, 0.1) is 0 Å².